The second-order valence-corrected chi connectivity index (χ2v) is 6.47. The lowest BCUT2D eigenvalue weighted by Gasteiger charge is -2.32. The molecule has 0 bridgehead atoms. The summed E-state index contributed by atoms with van der Waals surface area (Å²) in [5.41, 5.74) is 0.972. The molecule has 3 amide bonds. The van der Waals surface area contributed by atoms with Crippen molar-refractivity contribution in [3.8, 4) is 0 Å². The number of hydrogen-bond donors (Lipinski definition) is 1. The maximum Gasteiger partial charge on any atom is 0.337 e. The molecular formula is C18H21N3O5. The van der Waals surface area contributed by atoms with Gasteiger partial charge < -0.3 is 19.9 Å². The molecule has 1 N–H and O–H groups in total. The van der Waals surface area contributed by atoms with Gasteiger partial charge in [-0.2, -0.15) is 0 Å². The molecule has 8 nitrogen and oxygen atoms in total. The van der Waals surface area contributed by atoms with Crippen LogP contribution in [0.15, 0.2) is 24.3 Å². The first-order chi connectivity index (χ1) is 12.5. The molecule has 1 aliphatic carbocycles. The van der Waals surface area contributed by atoms with Gasteiger partial charge in [-0.3, -0.25) is 14.4 Å². The largest absolute Gasteiger partial charge is 0.465 e. The second-order valence-electron chi connectivity index (χ2n) is 6.47. The standard InChI is InChI=1S/C18H21N3O5/c1-26-18(25)12-2-4-13(5-3-12)19-16(23)14-10-15(14)17(24)21-8-6-20(11-22)7-9-21/h2-5,11,14-15H,6-10H2,1H3,(H,19,23). The number of methoxy groups -OCH3 is 1. The highest BCUT2D eigenvalue weighted by Gasteiger charge is 2.49. The Kier molecular flexibility index (Phi) is 5.20. The third kappa shape index (κ3) is 3.84. The van der Waals surface area contributed by atoms with E-state index in [1.165, 1.54) is 7.11 Å². The van der Waals surface area contributed by atoms with E-state index in [1.54, 1.807) is 34.1 Å². The van der Waals surface area contributed by atoms with Crippen molar-refractivity contribution in [3.63, 3.8) is 0 Å². The number of carbonyl (C=O) groups excluding carboxylic acids is 4. The Balaban J connectivity index is 1.50. The van der Waals surface area contributed by atoms with Crippen molar-refractivity contribution in [3.05, 3.63) is 29.8 Å². The van der Waals surface area contributed by atoms with Crippen LogP contribution in [-0.4, -0.2) is 67.3 Å². The highest BCUT2D eigenvalue weighted by molar-refractivity contribution is 6.00. The van der Waals surface area contributed by atoms with Crippen molar-refractivity contribution in [2.24, 2.45) is 11.8 Å². The third-order valence-corrected chi connectivity index (χ3v) is 4.79. The Bertz CT molecular complexity index is 710. The maximum atomic E-state index is 12.5. The molecule has 1 saturated carbocycles. The Morgan fingerprint density at radius 2 is 1.73 bits per heavy atom. The summed E-state index contributed by atoms with van der Waals surface area (Å²) < 4.78 is 4.63. The van der Waals surface area contributed by atoms with Crippen LogP contribution >= 0.6 is 0 Å². The van der Waals surface area contributed by atoms with Gasteiger partial charge in [0.15, 0.2) is 0 Å². The van der Waals surface area contributed by atoms with Crippen molar-refractivity contribution in [2.75, 3.05) is 38.6 Å². The van der Waals surface area contributed by atoms with Crippen molar-refractivity contribution in [2.45, 2.75) is 6.42 Å². The van der Waals surface area contributed by atoms with Gasteiger partial charge in [0.25, 0.3) is 0 Å². The molecule has 3 rings (SSSR count). The summed E-state index contributed by atoms with van der Waals surface area (Å²) in [4.78, 5) is 50.3. The molecule has 2 aliphatic rings. The van der Waals surface area contributed by atoms with Gasteiger partial charge in [-0.25, -0.2) is 4.79 Å². The van der Waals surface area contributed by atoms with E-state index in [-0.39, 0.29) is 23.7 Å². The highest BCUT2D eigenvalue weighted by atomic mass is 16.5. The van der Waals surface area contributed by atoms with Gasteiger partial charge >= 0.3 is 5.97 Å². The average molecular weight is 359 g/mol. The van der Waals surface area contributed by atoms with E-state index in [0.717, 1.165) is 6.41 Å². The first kappa shape index (κ1) is 17.9. The number of rotatable bonds is 5. The molecule has 1 saturated heterocycles. The second kappa shape index (κ2) is 7.55. The number of carbonyl (C=O) groups is 4. The molecule has 2 unspecified atom stereocenters. The summed E-state index contributed by atoms with van der Waals surface area (Å²) in [6.07, 6.45) is 1.33. The van der Waals surface area contributed by atoms with Crippen LogP contribution in [0.1, 0.15) is 16.8 Å². The molecule has 0 radical (unpaired) electrons. The van der Waals surface area contributed by atoms with Crippen molar-refractivity contribution < 1.29 is 23.9 Å². The number of ether oxygens (including phenoxy) is 1. The fourth-order valence-electron chi connectivity index (χ4n) is 3.08. The minimum Gasteiger partial charge on any atom is -0.465 e. The number of esters is 1. The van der Waals surface area contributed by atoms with Crippen LogP contribution < -0.4 is 5.32 Å². The van der Waals surface area contributed by atoms with E-state index in [2.05, 4.69) is 10.1 Å². The van der Waals surface area contributed by atoms with Gasteiger partial charge in [-0.05, 0) is 30.7 Å². The number of piperazine rings is 1. The number of benzene rings is 1. The fraction of sp³-hybridized carbons (Fsp3) is 0.444. The van der Waals surface area contributed by atoms with Crippen LogP contribution in [-0.2, 0) is 19.1 Å². The van der Waals surface area contributed by atoms with E-state index in [4.69, 9.17) is 0 Å². The lowest BCUT2D eigenvalue weighted by Crippen LogP contribution is -2.48. The number of amides is 3. The molecule has 0 aromatic heterocycles. The summed E-state index contributed by atoms with van der Waals surface area (Å²) in [7, 11) is 1.31. The van der Waals surface area contributed by atoms with Crippen LogP contribution in [0.4, 0.5) is 5.69 Å². The number of anilines is 1. The number of nitrogens with one attached hydrogen (secondary N) is 1. The topological polar surface area (TPSA) is 96.0 Å². The maximum absolute atomic E-state index is 12.5. The van der Waals surface area contributed by atoms with E-state index < -0.39 is 5.97 Å². The monoisotopic (exact) mass is 359 g/mol. The van der Waals surface area contributed by atoms with Crippen LogP contribution in [0.2, 0.25) is 0 Å². The third-order valence-electron chi connectivity index (χ3n) is 4.79. The summed E-state index contributed by atoms with van der Waals surface area (Å²) in [6, 6.07) is 6.40. The molecule has 1 aliphatic heterocycles. The number of hydrogen-bond acceptors (Lipinski definition) is 5. The van der Waals surface area contributed by atoms with E-state index in [9.17, 15) is 19.2 Å². The van der Waals surface area contributed by atoms with Gasteiger partial charge in [0.2, 0.25) is 18.2 Å². The van der Waals surface area contributed by atoms with Crippen LogP contribution in [0, 0.1) is 11.8 Å². The quantitative estimate of drug-likeness (QED) is 0.604. The molecule has 0 spiro atoms. The van der Waals surface area contributed by atoms with Gasteiger partial charge in [0.1, 0.15) is 0 Å². The molecule has 1 aromatic carbocycles. The van der Waals surface area contributed by atoms with E-state index in [0.29, 0.717) is 43.9 Å². The van der Waals surface area contributed by atoms with Gasteiger partial charge in [0, 0.05) is 31.9 Å². The zero-order chi connectivity index (χ0) is 18.7. The van der Waals surface area contributed by atoms with Crippen LogP contribution in [0.3, 0.4) is 0 Å². The Labute approximate surface area is 151 Å². The SMILES string of the molecule is COC(=O)c1ccc(NC(=O)C2CC2C(=O)N2CCN(C=O)CC2)cc1. The molecule has 2 fully saturated rings. The Hall–Kier alpha value is -2.90. The molecule has 26 heavy (non-hydrogen) atoms. The first-order valence-corrected chi connectivity index (χ1v) is 8.51. The molecular weight excluding hydrogens is 338 g/mol. The first-order valence-electron chi connectivity index (χ1n) is 8.51. The minimum absolute atomic E-state index is 0.0169. The molecule has 2 atom stereocenters. The predicted octanol–water partition coefficient (Wildman–Crippen LogP) is 0.348. The zero-order valence-corrected chi connectivity index (χ0v) is 14.5. The predicted molar refractivity (Wildman–Crippen MR) is 92.2 cm³/mol. The molecule has 138 valence electrons. The van der Waals surface area contributed by atoms with Gasteiger partial charge in [0.05, 0.1) is 24.5 Å². The normalized spacial score (nSPS) is 21.7. The van der Waals surface area contributed by atoms with E-state index >= 15 is 0 Å². The summed E-state index contributed by atoms with van der Waals surface area (Å²) in [5.74, 6) is -1.26. The zero-order valence-electron chi connectivity index (χ0n) is 14.5. The van der Waals surface area contributed by atoms with E-state index in [1.807, 2.05) is 0 Å². The summed E-state index contributed by atoms with van der Waals surface area (Å²) >= 11 is 0. The van der Waals surface area contributed by atoms with Gasteiger partial charge in [-0.15, -0.1) is 0 Å². The fourth-order valence-corrected chi connectivity index (χ4v) is 3.08. The smallest absolute Gasteiger partial charge is 0.337 e. The molecule has 8 heteroatoms. The molecule has 1 heterocycles. The molecule has 1 aromatic rings. The minimum atomic E-state index is -0.439. The van der Waals surface area contributed by atoms with Crippen LogP contribution in [0.25, 0.3) is 0 Å². The highest BCUT2D eigenvalue weighted by Crippen LogP contribution is 2.41. The van der Waals surface area contributed by atoms with Crippen molar-refractivity contribution in [1.82, 2.24) is 9.80 Å². The van der Waals surface area contributed by atoms with Gasteiger partial charge in [-0.1, -0.05) is 0 Å². The summed E-state index contributed by atoms with van der Waals surface area (Å²) in [5, 5.41) is 2.78. The lowest BCUT2D eigenvalue weighted by molar-refractivity contribution is -0.137. The summed E-state index contributed by atoms with van der Waals surface area (Å²) in [6.45, 7) is 2.09. The number of nitrogens with zero attached hydrogens (tertiary/aromatic N) is 2. The van der Waals surface area contributed by atoms with Crippen molar-refractivity contribution >= 4 is 29.9 Å². The van der Waals surface area contributed by atoms with Crippen LogP contribution in [0.5, 0.6) is 0 Å². The average Bonchev–Trinajstić information content (AvgIpc) is 3.48. The lowest BCUT2D eigenvalue weighted by atomic mass is 10.2. The Morgan fingerprint density at radius 1 is 1.08 bits per heavy atom. The van der Waals surface area contributed by atoms with Crippen molar-refractivity contribution in [1.29, 1.82) is 0 Å². The Morgan fingerprint density at radius 3 is 2.31 bits per heavy atom.